The van der Waals surface area contributed by atoms with Crippen LogP contribution in [0.25, 0.3) is 0 Å². The summed E-state index contributed by atoms with van der Waals surface area (Å²) in [4.78, 5) is 15.1. The number of benzene rings is 2. The lowest BCUT2D eigenvalue weighted by Crippen LogP contribution is -2.47. The smallest absolute Gasteiger partial charge is 0.269 e. The van der Waals surface area contributed by atoms with Crippen molar-refractivity contribution in [3.8, 4) is 0 Å². The molecule has 0 unspecified atom stereocenters. The zero-order chi connectivity index (χ0) is 16.2. The molecule has 1 saturated heterocycles. The molecule has 0 saturated carbocycles. The number of hydrogen-bond acceptors (Lipinski definition) is 4. The number of rotatable bonds is 4. The molecule has 0 aliphatic carbocycles. The molecular weight excluding hydrogens is 290 g/mol. The van der Waals surface area contributed by atoms with Crippen LogP contribution in [0.3, 0.4) is 0 Å². The summed E-state index contributed by atoms with van der Waals surface area (Å²) < 4.78 is 0. The van der Waals surface area contributed by atoms with E-state index in [0.717, 1.165) is 31.9 Å². The molecule has 0 aromatic heterocycles. The van der Waals surface area contributed by atoms with Gasteiger partial charge >= 0.3 is 0 Å². The van der Waals surface area contributed by atoms with Gasteiger partial charge in [-0.05, 0) is 24.6 Å². The average Bonchev–Trinajstić information content (AvgIpc) is 2.62. The zero-order valence-electron chi connectivity index (χ0n) is 13.3. The number of hydrogen-bond donors (Lipinski definition) is 0. The molecule has 0 radical (unpaired) electrons. The number of piperazine rings is 1. The van der Waals surface area contributed by atoms with Crippen LogP contribution in [-0.4, -0.2) is 36.0 Å². The van der Waals surface area contributed by atoms with Crippen LogP contribution in [0.2, 0.25) is 0 Å². The second-order valence-corrected chi connectivity index (χ2v) is 5.88. The van der Waals surface area contributed by atoms with E-state index >= 15 is 0 Å². The molecular formula is C18H21N3O2. The molecule has 1 heterocycles. The summed E-state index contributed by atoms with van der Waals surface area (Å²) in [5.74, 6) is 0. The predicted octanol–water partition coefficient (Wildman–Crippen LogP) is 3.48. The summed E-state index contributed by atoms with van der Waals surface area (Å²) in [6.45, 7) is 6.11. The second-order valence-electron chi connectivity index (χ2n) is 5.88. The molecule has 5 heteroatoms. The molecule has 2 aromatic rings. The highest BCUT2D eigenvalue weighted by molar-refractivity contribution is 5.51. The Morgan fingerprint density at radius 3 is 2.13 bits per heavy atom. The van der Waals surface area contributed by atoms with Crippen molar-refractivity contribution in [3.63, 3.8) is 0 Å². The van der Waals surface area contributed by atoms with Crippen LogP contribution in [-0.2, 0) is 0 Å². The molecule has 120 valence electrons. The van der Waals surface area contributed by atoms with Crippen LogP contribution in [0.15, 0.2) is 54.6 Å². The van der Waals surface area contributed by atoms with Gasteiger partial charge in [0, 0.05) is 50.0 Å². The first-order chi connectivity index (χ1) is 11.1. The highest BCUT2D eigenvalue weighted by atomic mass is 16.6. The Balaban J connectivity index is 1.61. The largest absolute Gasteiger partial charge is 0.369 e. The topological polar surface area (TPSA) is 49.6 Å². The maximum absolute atomic E-state index is 10.7. The summed E-state index contributed by atoms with van der Waals surface area (Å²) in [7, 11) is 0. The lowest BCUT2D eigenvalue weighted by atomic mass is 10.1. The first kappa shape index (κ1) is 15.5. The van der Waals surface area contributed by atoms with E-state index in [1.807, 2.05) is 18.2 Å². The van der Waals surface area contributed by atoms with Gasteiger partial charge in [0.25, 0.3) is 5.69 Å². The van der Waals surface area contributed by atoms with Gasteiger partial charge in [-0.3, -0.25) is 15.0 Å². The molecule has 1 aliphatic heterocycles. The van der Waals surface area contributed by atoms with Gasteiger partial charge in [0.15, 0.2) is 0 Å². The van der Waals surface area contributed by atoms with Gasteiger partial charge in [0.2, 0.25) is 0 Å². The van der Waals surface area contributed by atoms with Crippen LogP contribution in [0.1, 0.15) is 18.5 Å². The fourth-order valence-corrected chi connectivity index (χ4v) is 3.09. The van der Waals surface area contributed by atoms with Crippen molar-refractivity contribution >= 4 is 11.4 Å². The first-order valence-corrected chi connectivity index (χ1v) is 7.93. The summed E-state index contributed by atoms with van der Waals surface area (Å²) >= 11 is 0. The van der Waals surface area contributed by atoms with Crippen molar-refractivity contribution in [2.75, 3.05) is 31.1 Å². The average molecular weight is 311 g/mol. The lowest BCUT2D eigenvalue weighted by molar-refractivity contribution is -0.384. The number of nitro groups is 1. The van der Waals surface area contributed by atoms with Crippen molar-refractivity contribution in [2.24, 2.45) is 0 Å². The van der Waals surface area contributed by atoms with Crippen molar-refractivity contribution in [2.45, 2.75) is 13.0 Å². The van der Waals surface area contributed by atoms with Gasteiger partial charge < -0.3 is 4.90 Å². The third-order valence-electron chi connectivity index (χ3n) is 4.57. The number of nitro benzene ring substituents is 1. The molecule has 23 heavy (non-hydrogen) atoms. The van der Waals surface area contributed by atoms with Crippen LogP contribution >= 0.6 is 0 Å². The van der Waals surface area contributed by atoms with E-state index in [9.17, 15) is 10.1 Å². The van der Waals surface area contributed by atoms with E-state index in [-0.39, 0.29) is 10.6 Å². The maximum Gasteiger partial charge on any atom is 0.269 e. The molecule has 5 nitrogen and oxygen atoms in total. The monoisotopic (exact) mass is 311 g/mol. The van der Waals surface area contributed by atoms with Crippen molar-refractivity contribution < 1.29 is 4.92 Å². The molecule has 1 fully saturated rings. The Hall–Kier alpha value is -2.40. The molecule has 0 N–H and O–H groups in total. The Labute approximate surface area is 136 Å². The summed E-state index contributed by atoms with van der Waals surface area (Å²) in [5, 5.41) is 10.7. The maximum atomic E-state index is 10.7. The van der Waals surface area contributed by atoms with E-state index in [0.29, 0.717) is 6.04 Å². The molecule has 0 bridgehead atoms. The number of nitrogens with zero attached hydrogens (tertiary/aromatic N) is 3. The van der Waals surface area contributed by atoms with E-state index in [2.05, 4.69) is 41.0 Å². The SMILES string of the molecule is C[C@@H](c1ccccc1)N1CCN(c2ccc([N+](=O)[O-])cc2)CC1. The number of anilines is 1. The van der Waals surface area contributed by atoms with E-state index in [1.165, 1.54) is 5.56 Å². The molecule has 1 aliphatic rings. The third-order valence-corrected chi connectivity index (χ3v) is 4.57. The highest BCUT2D eigenvalue weighted by Crippen LogP contribution is 2.24. The molecule has 2 aromatic carbocycles. The molecule has 1 atom stereocenters. The van der Waals surface area contributed by atoms with Gasteiger partial charge in [-0.1, -0.05) is 30.3 Å². The number of non-ortho nitro benzene ring substituents is 1. The Kier molecular flexibility index (Phi) is 4.57. The quantitative estimate of drug-likeness (QED) is 0.641. The third kappa shape index (κ3) is 3.51. The van der Waals surface area contributed by atoms with Crippen molar-refractivity contribution in [1.82, 2.24) is 4.90 Å². The second kappa shape index (κ2) is 6.79. The normalized spacial score (nSPS) is 17.0. The van der Waals surface area contributed by atoms with Gasteiger partial charge in [-0.2, -0.15) is 0 Å². The Bertz CT molecular complexity index is 650. The molecule has 0 amide bonds. The van der Waals surface area contributed by atoms with Crippen molar-refractivity contribution in [3.05, 3.63) is 70.3 Å². The summed E-state index contributed by atoms with van der Waals surface area (Å²) in [6.07, 6.45) is 0. The minimum Gasteiger partial charge on any atom is -0.369 e. The van der Waals surface area contributed by atoms with Crippen LogP contribution in [0, 0.1) is 10.1 Å². The standard InChI is InChI=1S/C18H21N3O2/c1-15(16-5-3-2-4-6-16)19-11-13-20(14-12-19)17-7-9-18(10-8-17)21(22)23/h2-10,15H,11-14H2,1H3/t15-/m0/s1. The lowest BCUT2D eigenvalue weighted by Gasteiger charge is -2.39. The Morgan fingerprint density at radius 1 is 0.957 bits per heavy atom. The first-order valence-electron chi connectivity index (χ1n) is 7.93. The van der Waals surface area contributed by atoms with E-state index < -0.39 is 0 Å². The van der Waals surface area contributed by atoms with Gasteiger partial charge in [-0.15, -0.1) is 0 Å². The molecule has 0 spiro atoms. The Morgan fingerprint density at radius 2 is 1.57 bits per heavy atom. The fraction of sp³-hybridized carbons (Fsp3) is 0.333. The summed E-state index contributed by atoms with van der Waals surface area (Å²) in [5.41, 5.74) is 2.55. The van der Waals surface area contributed by atoms with E-state index in [1.54, 1.807) is 12.1 Å². The van der Waals surface area contributed by atoms with Gasteiger partial charge in [-0.25, -0.2) is 0 Å². The predicted molar refractivity (Wildman–Crippen MR) is 91.7 cm³/mol. The highest BCUT2D eigenvalue weighted by Gasteiger charge is 2.22. The minimum absolute atomic E-state index is 0.144. The zero-order valence-corrected chi connectivity index (χ0v) is 13.3. The van der Waals surface area contributed by atoms with Crippen molar-refractivity contribution in [1.29, 1.82) is 0 Å². The molecule has 3 rings (SSSR count). The van der Waals surface area contributed by atoms with Crippen LogP contribution < -0.4 is 4.90 Å². The minimum atomic E-state index is -0.358. The van der Waals surface area contributed by atoms with Gasteiger partial charge in [0.05, 0.1) is 4.92 Å². The summed E-state index contributed by atoms with van der Waals surface area (Å²) in [6, 6.07) is 17.8. The van der Waals surface area contributed by atoms with Crippen LogP contribution in [0.5, 0.6) is 0 Å². The fourth-order valence-electron chi connectivity index (χ4n) is 3.09. The van der Waals surface area contributed by atoms with E-state index in [4.69, 9.17) is 0 Å². The van der Waals surface area contributed by atoms with Gasteiger partial charge in [0.1, 0.15) is 0 Å². The van der Waals surface area contributed by atoms with Crippen LogP contribution in [0.4, 0.5) is 11.4 Å².